The van der Waals surface area contributed by atoms with Gasteiger partial charge in [0.05, 0.1) is 32.5 Å². The van der Waals surface area contributed by atoms with Gasteiger partial charge in [0.1, 0.15) is 11.5 Å². The summed E-state index contributed by atoms with van der Waals surface area (Å²) >= 11 is 0. The third-order valence-electron chi connectivity index (χ3n) is 5.60. The van der Waals surface area contributed by atoms with Crippen LogP contribution < -0.4 is 9.47 Å². The maximum Gasteiger partial charge on any atom is 0.257 e. The van der Waals surface area contributed by atoms with E-state index in [9.17, 15) is 4.79 Å². The Bertz CT molecular complexity index is 955. The Kier molecular flexibility index (Phi) is 6.77. The van der Waals surface area contributed by atoms with E-state index in [1.807, 2.05) is 37.1 Å². The zero-order valence-corrected chi connectivity index (χ0v) is 18.7. The second-order valence-electron chi connectivity index (χ2n) is 7.76. The first-order chi connectivity index (χ1) is 14.4. The summed E-state index contributed by atoms with van der Waals surface area (Å²) in [5.74, 6) is 1.41. The molecule has 0 bridgehead atoms. The summed E-state index contributed by atoms with van der Waals surface area (Å²) in [5, 5.41) is 6.43. The first-order valence-electron chi connectivity index (χ1n) is 10.3. The molecule has 0 saturated heterocycles. The van der Waals surface area contributed by atoms with Crippen LogP contribution in [0.5, 0.6) is 11.5 Å². The topological polar surface area (TPSA) is 54.4 Å². The molecule has 2 aromatic carbocycles. The number of likely N-dealkylation sites (N-methyl/N-ethyl adjacent to an activating group) is 1. The maximum absolute atomic E-state index is 13.2. The molecule has 1 amide bonds. The van der Waals surface area contributed by atoms with Crippen molar-refractivity contribution in [2.45, 2.75) is 33.2 Å². The average Bonchev–Trinajstić information content (AvgIpc) is 3.18. The molecule has 1 aliphatic rings. The van der Waals surface area contributed by atoms with Gasteiger partial charge in [-0.1, -0.05) is 30.7 Å². The van der Waals surface area contributed by atoms with Gasteiger partial charge in [-0.25, -0.2) is 5.01 Å². The predicted octanol–water partition coefficient (Wildman–Crippen LogP) is 3.95. The van der Waals surface area contributed by atoms with E-state index in [4.69, 9.17) is 14.6 Å². The number of carbonyl (C=O) groups is 1. The van der Waals surface area contributed by atoms with Crippen LogP contribution in [0.25, 0.3) is 0 Å². The Morgan fingerprint density at radius 2 is 1.93 bits per heavy atom. The Morgan fingerprint density at radius 1 is 1.17 bits per heavy atom. The minimum Gasteiger partial charge on any atom is -0.497 e. The highest BCUT2D eigenvalue weighted by atomic mass is 16.5. The summed E-state index contributed by atoms with van der Waals surface area (Å²) in [4.78, 5) is 15.2. The molecule has 160 valence electrons. The van der Waals surface area contributed by atoms with Gasteiger partial charge in [0.2, 0.25) is 0 Å². The lowest BCUT2D eigenvalue weighted by atomic mass is 9.94. The molecule has 2 aromatic rings. The van der Waals surface area contributed by atoms with Crippen LogP contribution in [0.4, 0.5) is 0 Å². The number of nitrogens with zero attached hydrogens (tertiary/aromatic N) is 3. The van der Waals surface area contributed by atoms with Crippen molar-refractivity contribution in [3.8, 4) is 11.5 Å². The van der Waals surface area contributed by atoms with Gasteiger partial charge in [-0.2, -0.15) is 5.10 Å². The third kappa shape index (κ3) is 4.49. The van der Waals surface area contributed by atoms with Crippen molar-refractivity contribution in [1.82, 2.24) is 9.91 Å². The average molecular weight is 410 g/mol. The molecule has 0 fully saturated rings. The number of amides is 1. The van der Waals surface area contributed by atoms with Gasteiger partial charge in [-0.3, -0.25) is 9.69 Å². The lowest BCUT2D eigenvalue weighted by Crippen LogP contribution is -2.36. The smallest absolute Gasteiger partial charge is 0.257 e. The molecule has 0 aromatic heterocycles. The first kappa shape index (κ1) is 21.8. The highest BCUT2D eigenvalue weighted by Gasteiger charge is 2.35. The standard InChI is InChI=1S/C24H31N3O3/c1-7-26(4)15-24(28)27-22(20-13-18(29-5)9-11-23(20)30-6)14-21(25-27)19-10-8-16(2)12-17(19)3/h8-13,22H,7,14-15H2,1-6H3. The van der Waals surface area contributed by atoms with E-state index in [0.29, 0.717) is 13.0 Å². The van der Waals surface area contributed by atoms with Crippen LogP contribution in [0.2, 0.25) is 0 Å². The van der Waals surface area contributed by atoms with Gasteiger partial charge in [-0.15, -0.1) is 0 Å². The molecule has 0 radical (unpaired) electrons. The van der Waals surface area contributed by atoms with Crippen LogP contribution in [-0.2, 0) is 4.79 Å². The molecule has 0 aliphatic carbocycles. The second kappa shape index (κ2) is 9.30. The molecule has 1 atom stereocenters. The molecule has 3 rings (SSSR count). The van der Waals surface area contributed by atoms with Crippen molar-refractivity contribution in [3.05, 3.63) is 58.7 Å². The maximum atomic E-state index is 13.2. The highest BCUT2D eigenvalue weighted by molar-refractivity contribution is 6.04. The lowest BCUT2D eigenvalue weighted by molar-refractivity contribution is -0.133. The van der Waals surface area contributed by atoms with Crippen LogP contribution >= 0.6 is 0 Å². The number of rotatable bonds is 7. The van der Waals surface area contributed by atoms with E-state index >= 15 is 0 Å². The van der Waals surface area contributed by atoms with Crippen LogP contribution in [0.3, 0.4) is 0 Å². The Balaban J connectivity index is 2.04. The summed E-state index contributed by atoms with van der Waals surface area (Å²) in [7, 11) is 5.21. The van der Waals surface area contributed by atoms with Gasteiger partial charge in [0, 0.05) is 17.5 Å². The van der Waals surface area contributed by atoms with Gasteiger partial charge >= 0.3 is 0 Å². The van der Waals surface area contributed by atoms with Gasteiger partial charge in [0.25, 0.3) is 5.91 Å². The fourth-order valence-corrected chi connectivity index (χ4v) is 3.80. The van der Waals surface area contributed by atoms with E-state index in [2.05, 4.69) is 32.0 Å². The minimum atomic E-state index is -0.247. The van der Waals surface area contributed by atoms with Crippen molar-refractivity contribution in [1.29, 1.82) is 0 Å². The van der Waals surface area contributed by atoms with Crippen molar-refractivity contribution >= 4 is 11.6 Å². The van der Waals surface area contributed by atoms with E-state index in [1.165, 1.54) is 5.56 Å². The third-order valence-corrected chi connectivity index (χ3v) is 5.60. The lowest BCUT2D eigenvalue weighted by Gasteiger charge is -2.25. The normalized spacial score (nSPS) is 16.0. The molecule has 30 heavy (non-hydrogen) atoms. The zero-order chi connectivity index (χ0) is 21.8. The monoisotopic (exact) mass is 409 g/mol. The SMILES string of the molecule is CCN(C)CC(=O)N1N=C(c2ccc(C)cc2C)CC1c1cc(OC)ccc1OC. The summed E-state index contributed by atoms with van der Waals surface area (Å²) in [5.41, 5.74) is 5.25. The van der Waals surface area contributed by atoms with Crippen LogP contribution in [0, 0.1) is 13.8 Å². The Hall–Kier alpha value is -2.86. The number of hydrazone groups is 1. The summed E-state index contributed by atoms with van der Waals surface area (Å²) in [6.45, 7) is 7.29. The molecule has 6 nitrogen and oxygen atoms in total. The van der Waals surface area contributed by atoms with E-state index < -0.39 is 0 Å². The van der Waals surface area contributed by atoms with Crippen molar-refractivity contribution < 1.29 is 14.3 Å². The molecule has 0 saturated carbocycles. The number of ether oxygens (including phenoxy) is 2. The number of hydrogen-bond donors (Lipinski definition) is 0. The second-order valence-corrected chi connectivity index (χ2v) is 7.76. The number of benzene rings is 2. The number of hydrogen-bond acceptors (Lipinski definition) is 5. The Labute approximate surface area is 179 Å². The van der Waals surface area contributed by atoms with Gasteiger partial charge in [-0.05, 0) is 51.2 Å². The largest absolute Gasteiger partial charge is 0.497 e. The zero-order valence-electron chi connectivity index (χ0n) is 18.7. The fraction of sp³-hybridized carbons (Fsp3) is 0.417. The number of carbonyl (C=O) groups excluding carboxylic acids is 1. The minimum absolute atomic E-state index is 0.0333. The Morgan fingerprint density at radius 3 is 2.57 bits per heavy atom. The van der Waals surface area contributed by atoms with E-state index in [0.717, 1.165) is 40.4 Å². The quantitative estimate of drug-likeness (QED) is 0.695. The summed E-state index contributed by atoms with van der Waals surface area (Å²) in [6, 6.07) is 11.8. The van der Waals surface area contributed by atoms with Crippen LogP contribution in [0.15, 0.2) is 41.5 Å². The predicted molar refractivity (Wildman–Crippen MR) is 119 cm³/mol. The fourth-order valence-electron chi connectivity index (χ4n) is 3.80. The number of aryl methyl sites for hydroxylation is 2. The molecule has 1 aliphatic heterocycles. The van der Waals surface area contributed by atoms with E-state index in [-0.39, 0.29) is 11.9 Å². The van der Waals surface area contributed by atoms with Gasteiger partial charge < -0.3 is 9.47 Å². The number of methoxy groups -OCH3 is 2. The van der Waals surface area contributed by atoms with Crippen LogP contribution in [-0.4, -0.2) is 55.9 Å². The van der Waals surface area contributed by atoms with Crippen LogP contribution in [0.1, 0.15) is 41.6 Å². The van der Waals surface area contributed by atoms with Crippen molar-refractivity contribution in [3.63, 3.8) is 0 Å². The van der Waals surface area contributed by atoms with Crippen molar-refractivity contribution in [2.24, 2.45) is 5.10 Å². The molecule has 0 N–H and O–H groups in total. The molecule has 1 unspecified atom stereocenters. The molecule has 6 heteroatoms. The molecule has 1 heterocycles. The molecule has 0 spiro atoms. The molecular weight excluding hydrogens is 378 g/mol. The first-order valence-corrected chi connectivity index (χ1v) is 10.3. The highest BCUT2D eigenvalue weighted by Crippen LogP contribution is 2.39. The summed E-state index contributed by atoms with van der Waals surface area (Å²) in [6.07, 6.45) is 0.620. The summed E-state index contributed by atoms with van der Waals surface area (Å²) < 4.78 is 11.0. The van der Waals surface area contributed by atoms with E-state index in [1.54, 1.807) is 19.2 Å². The molecular formula is C24H31N3O3. The van der Waals surface area contributed by atoms with Crippen molar-refractivity contribution in [2.75, 3.05) is 34.4 Å². The van der Waals surface area contributed by atoms with Gasteiger partial charge in [0.15, 0.2) is 0 Å².